The van der Waals surface area contributed by atoms with E-state index >= 15 is 0 Å². The van der Waals surface area contributed by atoms with Crippen LogP contribution in [0.15, 0.2) is 42.0 Å². The quantitative estimate of drug-likeness (QED) is 0.697. The molecule has 16 heavy (non-hydrogen) atoms. The normalized spacial score (nSPS) is 17.2. The Balaban J connectivity index is 1.72. The van der Waals surface area contributed by atoms with Crippen molar-refractivity contribution >= 4 is 0 Å². The van der Waals surface area contributed by atoms with Crippen molar-refractivity contribution in [2.24, 2.45) is 0 Å². The lowest BCUT2D eigenvalue weighted by Crippen LogP contribution is -2.24. The second-order valence-electron chi connectivity index (χ2n) is 4.71. The van der Waals surface area contributed by atoms with Crippen molar-refractivity contribution in [3.05, 3.63) is 47.5 Å². The average Bonchev–Trinajstić information content (AvgIpc) is 2.33. The second-order valence-corrected chi connectivity index (χ2v) is 4.71. The molecule has 0 fully saturated rings. The van der Waals surface area contributed by atoms with Crippen molar-refractivity contribution in [3.8, 4) is 0 Å². The highest BCUT2D eigenvalue weighted by molar-refractivity contribution is 5.15. The van der Waals surface area contributed by atoms with Gasteiger partial charge >= 0.3 is 0 Å². The minimum atomic E-state index is 1.14. The van der Waals surface area contributed by atoms with Gasteiger partial charge in [-0.15, -0.1) is 0 Å². The molecule has 0 aromatic heterocycles. The monoisotopic (exact) mass is 215 g/mol. The molecule has 0 aliphatic carbocycles. The van der Waals surface area contributed by atoms with Crippen molar-refractivity contribution in [2.45, 2.75) is 25.7 Å². The van der Waals surface area contributed by atoms with E-state index < -0.39 is 0 Å². The fraction of sp³-hybridized carbons (Fsp3) is 0.467. The summed E-state index contributed by atoms with van der Waals surface area (Å²) in [4.78, 5) is 2.38. The van der Waals surface area contributed by atoms with Gasteiger partial charge in [-0.1, -0.05) is 42.0 Å². The van der Waals surface area contributed by atoms with E-state index in [9.17, 15) is 0 Å². The zero-order chi connectivity index (χ0) is 11.2. The maximum atomic E-state index is 2.41. The summed E-state index contributed by atoms with van der Waals surface area (Å²) < 4.78 is 0. The minimum absolute atomic E-state index is 1.14. The van der Waals surface area contributed by atoms with Gasteiger partial charge in [0.1, 0.15) is 0 Å². The molecule has 1 nitrogen and oxygen atoms in total. The third-order valence-electron chi connectivity index (χ3n) is 3.31. The predicted octanol–water partition coefficient (Wildman–Crippen LogP) is 3.27. The average molecular weight is 215 g/mol. The first-order valence-corrected chi connectivity index (χ1v) is 6.25. The molecular formula is C15H21N. The molecule has 1 aromatic rings. The summed E-state index contributed by atoms with van der Waals surface area (Å²) in [5.41, 5.74) is 3.13. The molecule has 0 spiro atoms. The third kappa shape index (κ3) is 3.49. The van der Waals surface area contributed by atoms with E-state index in [1.807, 2.05) is 0 Å². The largest absolute Gasteiger partial charge is 0.302 e. The predicted molar refractivity (Wildman–Crippen MR) is 69.6 cm³/mol. The van der Waals surface area contributed by atoms with Gasteiger partial charge in [-0.05, 0) is 38.3 Å². The third-order valence-corrected chi connectivity index (χ3v) is 3.31. The standard InChI is InChI=1S/C15H21N/c1-16-12-10-15(11-13-16)9-5-8-14-6-3-2-4-7-14/h2-4,6-7,10H,5,8-9,11-13H2,1H3. The molecule has 2 rings (SSSR count). The van der Waals surface area contributed by atoms with Crippen molar-refractivity contribution in [1.82, 2.24) is 4.90 Å². The Morgan fingerprint density at radius 2 is 1.94 bits per heavy atom. The smallest absolute Gasteiger partial charge is 0.0162 e. The summed E-state index contributed by atoms with van der Waals surface area (Å²) >= 11 is 0. The van der Waals surface area contributed by atoms with Crippen LogP contribution in [0.5, 0.6) is 0 Å². The molecule has 1 heteroatoms. The molecule has 0 saturated carbocycles. The van der Waals surface area contributed by atoms with Crippen molar-refractivity contribution in [3.63, 3.8) is 0 Å². The zero-order valence-corrected chi connectivity index (χ0v) is 10.2. The second kappa shape index (κ2) is 5.86. The van der Waals surface area contributed by atoms with Crippen molar-refractivity contribution < 1.29 is 0 Å². The Morgan fingerprint density at radius 3 is 2.62 bits per heavy atom. The highest BCUT2D eigenvalue weighted by Gasteiger charge is 2.06. The van der Waals surface area contributed by atoms with Crippen LogP contribution in [-0.2, 0) is 6.42 Å². The molecule has 0 saturated heterocycles. The Kier molecular flexibility index (Phi) is 4.17. The first kappa shape index (κ1) is 11.4. The van der Waals surface area contributed by atoms with Crippen LogP contribution in [0.25, 0.3) is 0 Å². The summed E-state index contributed by atoms with van der Waals surface area (Å²) in [6.45, 7) is 2.37. The summed E-state index contributed by atoms with van der Waals surface area (Å²) in [7, 11) is 2.19. The molecule has 86 valence electrons. The van der Waals surface area contributed by atoms with E-state index in [0.29, 0.717) is 0 Å². The fourth-order valence-corrected chi connectivity index (χ4v) is 2.20. The Bertz CT molecular complexity index is 340. The zero-order valence-electron chi connectivity index (χ0n) is 10.2. The number of benzene rings is 1. The van der Waals surface area contributed by atoms with Gasteiger partial charge in [-0.3, -0.25) is 0 Å². The Morgan fingerprint density at radius 1 is 1.12 bits per heavy atom. The fourth-order valence-electron chi connectivity index (χ4n) is 2.20. The molecule has 0 bridgehead atoms. The van der Waals surface area contributed by atoms with Crippen molar-refractivity contribution in [1.29, 1.82) is 0 Å². The summed E-state index contributed by atoms with van der Waals surface area (Å²) in [5.74, 6) is 0. The molecular weight excluding hydrogens is 194 g/mol. The maximum absolute atomic E-state index is 2.41. The molecule has 0 unspecified atom stereocenters. The van der Waals surface area contributed by atoms with Gasteiger partial charge in [0.15, 0.2) is 0 Å². The first-order valence-electron chi connectivity index (χ1n) is 6.25. The van der Waals surface area contributed by atoms with Gasteiger partial charge in [0.25, 0.3) is 0 Å². The van der Waals surface area contributed by atoms with E-state index in [1.165, 1.54) is 37.8 Å². The van der Waals surface area contributed by atoms with Gasteiger partial charge in [0, 0.05) is 13.1 Å². The lowest BCUT2D eigenvalue weighted by atomic mass is 10.00. The molecule has 0 N–H and O–H groups in total. The van der Waals surface area contributed by atoms with E-state index in [1.54, 1.807) is 5.57 Å². The SMILES string of the molecule is CN1CC=C(CCCc2ccccc2)CC1. The van der Waals surface area contributed by atoms with Crippen LogP contribution in [-0.4, -0.2) is 25.0 Å². The number of likely N-dealkylation sites (N-methyl/N-ethyl adjacent to an activating group) is 1. The van der Waals surface area contributed by atoms with Gasteiger partial charge in [0.2, 0.25) is 0 Å². The topological polar surface area (TPSA) is 3.24 Å². The minimum Gasteiger partial charge on any atom is -0.302 e. The maximum Gasteiger partial charge on any atom is 0.0162 e. The van der Waals surface area contributed by atoms with E-state index in [4.69, 9.17) is 0 Å². The molecule has 1 aromatic carbocycles. The number of rotatable bonds is 4. The number of hydrogen-bond acceptors (Lipinski definition) is 1. The molecule has 0 amide bonds. The van der Waals surface area contributed by atoms with E-state index in [2.05, 4.69) is 48.4 Å². The van der Waals surface area contributed by atoms with Crippen LogP contribution in [0.3, 0.4) is 0 Å². The van der Waals surface area contributed by atoms with Crippen LogP contribution in [0.2, 0.25) is 0 Å². The van der Waals surface area contributed by atoms with Crippen LogP contribution in [0, 0.1) is 0 Å². The molecule has 1 aliphatic rings. The van der Waals surface area contributed by atoms with Gasteiger partial charge in [0.05, 0.1) is 0 Å². The lowest BCUT2D eigenvalue weighted by molar-refractivity contribution is 0.356. The Hall–Kier alpha value is -1.08. The van der Waals surface area contributed by atoms with Crippen LogP contribution in [0.1, 0.15) is 24.8 Å². The summed E-state index contributed by atoms with van der Waals surface area (Å²) in [5, 5.41) is 0. The molecule has 1 heterocycles. The Labute approximate surface area is 98.8 Å². The highest BCUT2D eigenvalue weighted by Crippen LogP contribution is 2.16. The molecule has 0 atom stereocenters. The van der Waals surface area contributed by atoms with Gasteiger partial charge < -0.3 is 4.90 Å². The first-order chi connectivity index (χ1) is 7.84. The van der Waals surface area contributed by atoms with Crippen LogP contribution in [0.4, 0.5) is 0 Å². The number of nitrogens with zero attached hydrogens (tertiary/aromatic N) is 1. The number of aryl methyl sites for hydroxylation is 1. The van der Waals surface area contributed by atoms with Crippen molar-refractivity contribution in [2.75, 3.05) is 20.1 Å². The van der Waals surface area contributed by atoms with E-state index in [0.717, 1.165) is 6.54 Å². The highest BCUT2D eigenvalue weighted by atomic mass is 15.1. The molecule has 1 aliphatic heterocycles. The van der Waals surface area contributed by atoms with Crippen LogP contribution >= 0.6 is 0 Å². The summed E-state index contributed by atoms with van der Waals surface area (Å²) in [6.07, 6.45) is 7.47. The lowest BCUT2D eigenvalue weighted by Gasteiger charge is -2.21. The summed E-state index contributed by atoms with van der Waals surface area (Å²) in [6, 6.07) is 10.8. The number of hydrogen-bond donors (Lipinski definition) is 0. The van der Waals surface area contributed by atoms with Gasteiger partial charge in [-0.2, -0.15) is 0 Å². The molecule has 0 radical (unpaired) electrons. The van der Waals surface area contributed by atoms with Crippen LogP contribution < -0.4 is 0 Å². The van der Waals surface area contributed by atoms with E-state index in [-0.39, 0.29) is 0 Å². The van der Waals surface area contributed by atoms with Gasteiger partial charge in [-0.25, -0.2) is 0 Å².